The van der Waals surface area contributed by atoms with E-state index < -0.39 is 0 Å². The molecular formula is C23H27ClN2O3. The molecular weight excluding hydrogens is 388 g/mol. The molecule has 1 fully saturated rings. The number of hydrogen-bond acceptors (Lipinski definition) is 3. The van der Waals surface area contributed by atoms with Crippen molar-refractivity contribution in [1.29, 1.82) is 0 Å². The second-order valence-corrected chi connectivity index (χ2v) is 7.67. The van der Waals surface area contributed by atoms with Crippen molar-refractivity contribution in [2.75, 3.05) is 26.2 Å². The van der Waals surface area contributed by atoms with Gasteiger partial charge < -0.3 is 15.0 Å². The number of amides is 2. The molecule has 0 radical (unpaired) electrons. The highest BCUT2D eigenvalue weighted by Gasteiger charge is 2.26. The van der Waals surface area contributed by atoms with Gasteiger partial charge in [0.15, 0.2) is 0 Å². The third-order valence-electron chi connectivity index (χ3n) is 5.15. The molecule has 29 heavy (non-hydrogen) atoms. The molecule has 0 aromatic heterocycles. The van der Waals surface area contributed by atoms with E-state index >= 15 is 0 Å². The Hall–Kier alpha value is -2.53. The Labute approximate surface area is 177 Å². The standard InChI is InChI=1S/C23H27ClN2O3/c24-20-7-4-8-21(17-20)29-16-13-25-23(28)19-11-14-26(15-12-19)22(27)10-9-18-5-2-1-3-6-18/h1-8,17,19H,9-16H2,(H,25,28). The molecule has 1 saturated heterocycles. The Morgan fingerprint density at radius 1 is 1.07 bits per heavy atom. The van der Waals surface area contributed by atoms with Gasteiger partial charge in [0, 0.05) is 30.5 Å². The van der Waals surface area contributed by atoms with Gasteiger partial charge in [-0.05, 0) is 43.0 Å². The molecule has 5 nitrogen and oxygen atoms in total. The zero-order chi connectivity index (χ0) is 20.5. The summed E-state index contributed by atoms with van der Waals surface area (Å²) in [6, 6.07) is 17.2. The van der Waals surface area contributed by atoms with Crippen LogP contribution in [0.2, 0.25) is 5.02 Å². The second kappa shape index (κ2) is 10.9. The smallest absolute Gasteiger partial charge is 0.223 e. The molecule has 1 heterocycles. The van der Waals surface area contributed by atoms with Crippen LogP contribution in [0.3, 0.4) is 0 Å². The summed E-state index contributed by atoms with van der Waals surface area (Å²) >= 11 is 5.92. The number of halogens is 1. The molecule has 0 aliphatic carbocycles. The fourth-order valence-corrected chi connectivity index (χ4v) is 3.67. The summed E-state index contributed by atoms with van der Waals surface area (Å²) in [7, 11) is 0. The van der Waals surface area contributed by atoms with E-state index in [1.165, 1.54) is 5.56 Å². The number of nitrogens with one attached hydrogen (secondary N) is 1. The number of hydrogen-bond donors (Lipinski definition) is 1. The van der Waals surface area contributed by atoms with Crippen LogP contribution in [0.5, 0.6) is 5.75 Å². The number of piperidine rings is 1. The van der Waals surface area contributed by atoms with Crippen molar-refractivity contribution in [2.45, 2.75) is 25.7 Å². The average Bonchev–Trinajstić information content (AvgIpc) is 2.76. The van der Waals surface area contributed by atoms with Crippen LogP contribution in [0.4, 0.5) is 0 Å². The lowest BCUT2D eigenvalue weighted by molar-refractivity contribution is -0.135. The number of ether oxygens (including phenoxy) is 1. The van der Waals surface area contributed by atoms with Crippen LogP contribution < -0.4 is 10.1 Å². The molecule has 6 heteroatoms. The zero-order valence-corrected chi connectivity index (χ0v) is 17.2. The van der Waals surface area contributed by atoms with Gasteiger partial charge in [0.25, 0.3) is 0 Å². The van der Waals surface area contributed by atoms with Crippen LogP contribution in [0.15, 0.2) is 54.6 Å². The number of likely N-dealkylation sites (tertiary alicyclic amines) is 1. The van der Waals surface area contributed by atoms with Crippen LogP contribution in [0.1, 0.15) is 24.8 Å². The fourth-order valence-electron chi connectivity index (χ4n) is 3.49. The van der Waals surface area contributed by atoms with Gasteiger partial charge in [-0.3, -0.25) is 9.59 Å². The number of rotatable bonds is 8. The largest absolute Gasteiger partial charge is 0.492 e. The highest BCUT2D eigenvalue weighted by Crippen LogP contribution is 2.19. The van der Waals surface area contributed by atoms with Crippen LogP contribution in [-0.4, -0.2) is 43.0 Å². The molecule has 1 aliphatic rings. The maximum atomic E-state index is 12.4. The highest BCUT2D eigenvalue weighted by atomic mass is 35.5. The van der Waals surface area contributed by atoms with E-state index in [9.17, 15) is 9.59 Å². The summed E-state index contributed by atoms with van der Waals surface area (Å²) in [5.74, 6) is 0.854. The third kappa shape index (κ3) is 6.79. The van der Waals surface area contributed by atoms with E-state index in [1.54, 1.807) is 12.1 Å². The first-order chi connectivity index (χ1) is 14.1. The monoisotopic (exact) mass is 414 g/mol. The van der Waals surface area contributed by atoms with E-state index in [4.69, 9.17) is 16.3 Å². The Morgan fingerprint density at radius 2 is 1.83 bits per heavy atom. The molecule has 2 amide bonds. The summed E-state index contributed by atoms with van der Waals surface area (Å²) in [6.45, 7) is 2.12. The highest BCUT2D eigenvalue weighted by molar-refractivity contribution is 6.30. The Kier molecular flexibility index (Phi) is 7.94. The van der Waals surface area contributed by atoms with Gasteiger partial charge in [-0.1, -0.05) is 48.0 Å². The molecule has 2 aromatic rings. The van der Waals surface area contributed by atoms with E-state index in [0.717, 1.165) is 6.42 Å². The maximum Gasteiger partial charge on any atom is 0.223 e. The lowest BCUT2D eigenvalue weighted by atomic mass is 9.95. The predicted molar refractivity (Wildman–Crippen MR) is 114 cm³/mol. The Bertz CT molecular complexity index is 805. The third-order valence-corrected chi connectivity index (χ3v) is 5.39. The first kappa shape index (κ1) is 21.2. The minimum Gasteiger partial charge on any atom is -0.492 e. The lowest BCUT2D eigenvalue weighted by Crippen LogP contribution is -2.43. The van der Waals surface area contributed by atoms with Crippen molar-refractivity contribution >= 4 is 23.4 Å². The van der Waals surface area contributed by atoms with Gasteiger partial charge in [0.1, 0.15) is 12.4 Å². The van der Waals surface area contributed by atoms with Crippen molar-refractivity contribution in [3.05, 3.63) is 65.2 Å². The molecule has 0 saturated carbocycles. The molecule has 3 rings (SSSR count). The van der Waals surface area contributed by atoms with Crippen LogP contribution in [0.25, 0.3) is 0 Å². The molecule has 154 valence electrons. The molecule has 0 atom stereocenters. The Balaban J connectivity index is 1.32. The van der Waals surface area contributed by atoms with Gasteiger partial charge in [0.2, 0.25) is 11.8 Å². The number of carbonyl (C=O) groups is 2. The summed E-state index contributed by atoms with van der Waals surface area (Å²) in [6.07, 6.45) is 2.69. The number of nitrogens with zero attached hydrogens (tertiary/aromatic N) is 1. The number of benzene rings is 2. The van der Waals surface area contributed by atoms with Crippen LogP contribution >= 0.6 is 11.6 Å². The van der Waals surface area contributed by atoms with Gasteiger partial charge in [0.05, 0.1) is 6.54 Å². The van der Waals surface area contributed by atoms with Crippen molar-refractivity contribution < 1.29 is 14.3 Å². The number of carbonyl (C=O) groups excluding carboxylic acids is 2. The fraction of sp³-hybridized carbons (Fsp3) is 0.391. The Morgan fingerprint density at radius 3 is 2.55 bits per heavy atom. The number of aryl methyl sites for hydroxylation is 1. The summed E-state index contributed by atoms with van der Waals surface area (Å²) in [4.78, 5) is 26.7. The van der Waals surface area contributed by atoms with Crippen molar-refractivity contribution in [3.63, 3.8) is 0 Å². The topological polar surface area (TPSA) is 58.6 Å². The predicted octanol–water partition coefficient (Wildman–Crippen LogP) is 3.71. The summed E-state index contributed by atoms with van der Waals surface area (Å²) < 4.78 is 5.58. The van der Waals surface area contributed by atoms with Gasteiger partial charge in [-0.2, -0.15) is 0 Å². The quantitative estimate of drug-likeness (QED) is 0.670. The normalized spacial score (nSPS) is 14.4. The minimum atomic E-state index is -0.0423. The summed E-state index contributed by atoms with van der Waals surface area (Å²) in [5, 5.41) is 3.55. The van der Waals surface area contributed by atoms with Crippen LogP contribution in [-0.2, 0) is 16.0 Å². The van der Waals surface area contributed by atoms with Gasteiger partial charge in [-0.15, -0.1) is 0 Å². The van der Waals surface area contributed by atoms with E-state index in [2.05, 4.69) is 5.32 Å². The molecule has 2 aromatic carbocycles. The maximum absolute atomic E-state index is 12.4. The summed E-state index contributed by atoms with van der Waals surface area (Å²) in [5.41, 5.74) is 1.18. The van der Waals surface area contributed by atoms with Crippen molar-refractivity contribution in [1.82, 2.24) is 10.2 Å². The molecule has 0 bridgehead atoms. The zero-order valence-electron chi connectivity index (χ0n) is 16.5. The van der Waals surface area contributed by atoms with E-state index in [1.807, 2.05) is 47.4 Å². The molecule has 0 unspecified atom stereocenters. The first-order valence-corrected chi connectivity index (χ1v) is 10.5. The molecule has 1 N–H and O–H groups in total. The molecule has 0 spiro atoms. The minimum absolute atomic E-state index is 0.0380. The lowest BCUT2D eigenvalue weighted by Gasteiger charge is -2.31. The van der Waals surface area contributed by atoms with E-state index in [0.29, 0.717) is 56.3 Å². The van der Waals surface area contributed by atoms with Gasteiger partial charge in [-0.25, -0.2) is 0 Å². The first-order valence-electron chi connectivity index (χ1n) is 10.1. The van der Waals surface area contributed by atoms with Gasteiger partial charge >= 0.3 is 0 Å². The van der Waals surface area contributed by atoms with Crippen molar-refractivity contribution in [2.24, 2.45) is 5.92 Å². The van der Waals surface area contributed by atoms with Crippen LogP contribution in [0, 0.1) is 5.92 Å². The molecule has 1 aliphatic heterocycles. The second-order valence-electron chi connectivity index (χ2n) is 7.24. The average molecular weight is 415 g/mol. The van der Waals surface area contributed by atoms with E-state index in [-0.39, 0.29) is 17.7 Å². The SMILES string of the molecule is O=C(NCCOc1cccc(Cl)c1)C1CCN(C(=O)CCc2ccccc2)CC1. The van der Waals surface area contributed by atoms with Crippen molar-refractivity contribution in [3.8, 4) is 5.75 Å².